The van der Waals surface area contributed by atoms with E-state index in [-0.39, 0.29) is 12.5 Å². The van der Waals surface area contributed by atoms with E-state index in [2.05, 4.69) is 10.6 Å². The summed E-state index contributed by atoms with van der Waals surface area (Å²) >= 11 is 0. The maximum Gasteiger partial charge on any atom is 0.408 e. The smallest absolute Gasteiger partial charge is 0.408 e. The van der Waals surface area contributed by atoms with Crippen molar-refractivity contribution in [3.63, 3.8) is 0 Å². The molecule has 2 N–H and O–H groups in total. The summed E-state index contributed by atoms with van der Waals surface area (Å²) in [4.78, 5) is 38.1. The second-order valence-electron chi connectivity index (χ2n) is 6.58. The molecule has 2 aromatic carbocycles. The van der Waals surface area contributed by atoms with E-state index in [1.54, 1.807) is 30.0 Å². The zero-order valence-electron chi connectivity index (χ0n) is 15.7. The molecule has 3 rings (SSSR count). The zero-order valence-corrected chi connectivity index (χ0v) is 15.7. The summed E-state index contributed by atoms with van der Waals surface area (Å²) in [5.41, 5.74) is 2.06. The molecule has 0 bridgehead atoms. The van der Waals surface area contributed by atoms with Crippen LogP contribution in [-0.2, 0) is 20.9 Å². The lowest BCUT2D eigenvalue weighted by Gasteiger charge is -2.21. The fourth-order valence-corrected chi connectivity index (χ4v) is 2.97. The Hall–Kier alpha value is -3.35. The average Bonchev–Trinajstić information content (AvgIpc) is 3.13. The van der Waals surface area contributed by atoms with E-state index in [1.165, 1.54) is 0 Å². The van der Waals surface area contributed by atoms with Gasteiger partial charge in [0.2, 0.25) is 11.8 Å². The van der Waals surface area contributed by atoms with E-state index in [4.69, 9.17) is 4.74 Å². The predicted molar refractivity (Wildman–Crippen MR) is 106 cm³/mol. The summed E-state index contributed by atoms with van der Waals surface area (Å²) in [6, 6.07) is 15.6. The number of rotatable bonds is 6. The second-order valence-corrected chi connectivity index (χ2v) is 6.58. The number of benzene rings is 2. The van der Waals surface area contributed by atoms with Crippen molar-refractivity contribution in [1.29, 1.82) is 0 Å². The first-order valence-electron chi connectivity index (χ1n) is 9.22. The van der Waals surface area contributed by atoms with Gasteiger partial charge in [0, 0.05) is 13.0 Å². The number of alkyl carbamates (subject to hydrolysis) is 1. The molecule has 7 heteroatoms. The third kappa shape index (κ3) is 4.88. The monoisotopic (exact) mass is 381 g/mol. The third-order valence-electron chi connectivity index (χ3n) is 4.47. The minimum Gasteiger partial charge on any atom is -0.445 e. The lowest BCUT2D eigenvalue weighted by molar-refractivity contribution is -0.118. The fourth-order valence-electron chi connectivity index (χ4n) is 2.97. The molecule has 146 valence electrons. The van der Waals surface area contributed by atoms with Crippen molar-refractivity contribution in [2.24, 2.45) is 0 Å². The molecule has 3 amide bonds. The van der Waals surface area contributed by atoms with Crippen LogP contribution in [0.25, 0.3) is 0 Å². The van der Waals surface area contributed by atoms with Gasteiger partial charge in [0.15, 0.2) is 0 Å². The Balaban J connectivity index is 1.56. The van der Waals surface area contributed by atoms with Crippen molar-refractivity contribution in [3.05, 3.63) is 60.2 Å². The van der Waals surface area contributed by atoms with Crippen LogP contribution in [0, 0.1) is 0 Å². The van der Waals surface area contributed by atoms with Crippen LogP contribution < -0.4 is 15.5 Å². The number of amides is 3. The van der Waals surface area contributed by atoms with E-state index >= 15 is 0 Å². The number of nitrogens with one attached hydrogen (secondary N) is 2. The van der Waals surface area contributed by atoms with E-state index < -0.39 is 18.0 Å². The quantitative estimate of drug-likeness (QED) is 0.805. The SMILES string of the molecule is C[C@H](NC(=O)OCc1ccccc1)C(=O)Nc1ccccc1N1CCCC1=O. The van der Waals surface area contributed by atoms with Gasteiger partial charge in [-0.3, -0.25) is 9.59 Å². The number of hydrogen-bond donors (Lipinski definition) is 2. The van der Waals surface area contributed by atoms with E-state index in [0.717, 1.165) is 12.0 Å². The number of ether oxygens (including phenoxy) is 1. The largest absolute Gasteiger partial charge is 0.445 e. The highest BCUT2D eigenvalue weighted by molar-refractivity contribution is 6.03. The topological polar surface area (TPSA) is 87.7 Å². The van der Waals surface area contributed by atoms with Crippen LogP contribution in [0.15, 0.2) is 54.6 Å². The van der Waals surface area contributed by atoms with Crippen molar-refractivity contribution >= 4 is 29.3 Å². The number of hydrogen-bond acceptors (Lipinski definition) is 4. The minimum absolute atomic E-state index is 0.0392. The Morgan fingerprint density at radius 2 is 1.82 bits per heavy atom. The summed E-state index contributed by atoms with van der Waals surface area (Å²) in [6.45, 7) is 2.33. The molecular weight excluding hydrogens is 358 g/mol. The molecule has 0 unspecified atom stereocenters. The Morgan fingerprint density at radius 3 is 2.54 bits per heavy atom. The van der Waals surface area contributed by atoms with Crippen LogP contribution >= 0.6 is 0 Å². The maximum atomic E-state index is 12.5. The minimum atomic E-state index is -0.800. The average molecular weight is 381 g/mol. The molecule has 2 aromatic rings. The summed E-state index contributed by atoms with van der Waals surface area (Å²) < 4.78 is 5.14. The molecular formula is C21H23N3O4. The van der Waals surface area contributed by atoms with Gasteiger partial charge in [-0.2, -0.15) is 0 Å². The second kappa shape index (κ2) is 9.03. The molecule has 0 radical (unpaired) electrons. The lowest BCUT2D eigenvalue weighted by atomic mass is 10.2. The van der Waals surface area contributed by atoms with E-state index in [0.29, 0.717) is 24.3 Å². The van der Waals surface area contributed by atoms with Crippen molar-refractivity contribution in [1.82, 2.24) is 5.32 Å². The van der Waals surface area contributed by atoms with Crippen molar-refractivity contribution in [2.75, 3.05) is 16.8 Å². The van der Waals surface area contributed by atoms with Gasteiger partial charge in [0.25, 0.3) is 0 Å². The summed E-state index contributed by atoms with van der Waals surface area (Å²) in [6.07, 6.45) is 0.634. The zero-order chi connectivity index (χ0) is 19.9. The Bertz CT molecular complexity index is 854. The van der Waals surface area contributed by atoms with E-state index in [1.807, 2.05) is 36.4 Å². The molecule has 0 aromatic heterocycles. The molecule has 1 aliphatic rings. The first-order chi connectivity index (χ1) is 13.5. The predicted octanol–water partition coefficient (Wildman–Crippen LogP) is 3.07. The Morgan fingerprint density at radius 1 is 1.11 bits per heavy atom. The molecule has 1 saturated heterocycles. The molecule has 7 nitrogen and oxygen atoms in total. The van der Waals surface area contributed by atoms with E-state index in [9.17, 15) is 14.4 Å². The highest BCUT2D eigenvalue weighted by Crippen LogP contribution is 2.29. The fraction of sp³-hybridized carbons (Fsp3) is 0.286. The van der Waals surface area contributed by atoms with Gasteiger partial charge < -0.3 is 20.3 Å². The lowest BCUT2D eigenvalue weighted by Crippen LogP contribution is -2.42. The first-order valence-corrected chi connectivity index (χ1v) is 9.22. The number of nitrogens with zero attached hydrogens (tertiary/aromatic N) is 1. The third-order valence-corrected chi connectivity index (χ3v) is 4.47. The van der Waals surface area contributed by atoms with Gasteiger partial charge in [0.1, 0.15) is 12.6 Å². The van der Waals surface area contributed by atoms with Gasteiger partial charge in [-0.05, 0) is 31.0 Å². The van der Waals surface area contributed by atoms with Crippen molar-refractivity contribution in [3.8, 4) is 0 Å². The number of carbonyl (C=O) groups is 3. The number of anilines is 2. The molecule has 1 heterocycles. The van der Waals surface area contributed by atoms with Crippen LogP contribution in [0.2, 0.25) is 0 Å². The molecule has 1 fully saturated rings. The number of para-hydroxylation sites is 2. The highest BCUT2D eigenvalue weighted by Gasteiger charge is 2.25. The standard InChI is InChI=1S/C21H23N3O4/c1-15(22-21(27)28-14-16-8-3-2-4-9-16)20(26)23-17-10-5-6-11-18(17)24-13-7-12-19(24)25/h2-6,8-11,15H,7,12-14H2,1H3,(H,22,27)(H,23,26)/t15-/m0/s1. The van der Waals surface area contributed by atoms with Crippen molar-refractivity contribution in [2.45, 2.75) is 32.4 Å². The molecule has 28 heavy (non-hydrogen) atoms. The van der Waals surface area contributed by atoms with Gasteiger partial charge in [-0.25, -0.2) is 4.79 Å². The van der Waals surface area contributed by atoms with Gasteiger partial charge in [-0.15, -0.1) is 0 Å². The molecule has 0 spiro atoms. The summed E-state index contributed by atoms with van der Waals surface area (Å²) in [5.74, 6) is -0.354. The highest BCUT2D eigenvalue weighted by atomic mass is 16.5. The Kier molecular flexibility index (Phi) is 6.26. The summed E-state index contributed by atoms with van der Waals surface area (Å²) in [7, 11) is 0. The van der Waals surface area contributed by atoms with Gasteiger partial charge >= 0.3 is 6.09 Å². The van der Waals surface area contributed by atoms with Crippen LogP contribution in [-0.4, -0.2) is 30.5 Å². The van der Waals surface area contributed by atoms with Crippen LogP contribution in [0.4, 0.5) is 16.2 Å². The van der Waals surface area contributed by atoms with Crippen LogP contribution in [0.3, 0.4) is 0 Å². The molecule has 1 atom stereocenters. The number of carbonyl (C=O) groups excluding carboxylic acids is 3. The van der Waals surface area contributed by atoms with Gasteiger partial charge in [-0.1, -0.05) is 42.5 Å². The Labute approximate surface area is 163 Å². The van der Waals surface area contributed by atoms with Crippen LogP contribution in [0.1, 0.15) is 25.3 Å². The molecule has 0 saturated carbocycles. The maximum absolute atomic E-state index is 12.5. The first kappa shape index (κ1) is 19.4. The summed E-state index contributed by atoms with van der Waals surface area (Å²) in [5, 5.41) is 5.30. The van der Waals surface area contributed by atoms with Crippen LogP contribution in [0.5, 0.6) is 0 Å². The van der Waals surface area contributed by atoms with Gasteiger partial charge in [0.05, 0.1) is 11.4 Å². The van der Waals surface area contributed by atoms with Crippen molar-refractivity contribution < 1.29 is 19.1 Å². The molecule has 0 aliphatic carbocycles. The molecule has 1 aliphatic heterocycles. The normalized spacial score (nSPS) is 14.5.